The third-order valence-corrected chi connectivity index (χ3v) is 5.84. The molecule has 1 saturated heterocycles. The fraction of sp³-hybridized carbons (Fsp3) is 0.462. The van der Waals surface area contributed by atoms with Crippen LogP contribution in [0.5, 0.6) is 0 Å². The molecule has 5 nitrogen and oxygen atoms in total. The largest absolute Gasteiger partial charge is 0.389 e. The number of halogens is 1. The minimum absolute atomic E-state index is 0.0171. The van der Waals surface area contributed by atoms with Crippen molar-refractivity contribution in [2.75, 3.05) is 26.7 Å². The van der Waals surface area contributed by atoms with Gasteiger partial charge in [-0.1, -0.05) is 12.2 Å². The quantitative estimate of drug-likeness (QED) is 0.830. The van der Waals surface area contributed by atoms with E-state index in [1.54, 1.807) is 0 Å². The number of thiocarbonyl (C=S) groups is 1. The number of likely N-dealkylation sites (N-methyl/N-ethyl adjacent to an activating group) is 1. The van der Waals surface area contributed by atoms with Crippen molar-refractivity contribution in [3.05, 3.63) is 29.6 Å². The molecule has 0 spiro atoms. The predicted octanol–water partition coefficient (Wildman–Crippen LogP) is 0.785. The highest BCUT2D eigenvalue weighted by molar-refractivity contribution is 7.89. The van der Waals surface area contributed by atoms with Gasteiger partial charge in [-0.05, 0) is 32.2 Å². The second-order valence-corrected chi connectivity index (χ2v) is 7.58. The van der Waals surface area contributed by atoms with E-state index in [4.69, 9.17) is 18.0 Å². The Morgan fingerprint density at radius 3 is 2.67 bits per heavy atom. The zero-order valence-electron chi connectivity index (χ0n) is 11.9. The minimum atomic E-state index is -3.67. The zero-order chi connectivity index (χ0) is 15.8. The number of sulfonamides is 1. The monoisotopic (exact) mass is 331 g/mol. The molecule has 8 heteroatoms. The third kappa shape index (κ3) is 3.23. The van der Waals surface area contributed by atoms with Gasteiger partial charge in [0.05, 0.1) is 4.90 Å². The van der Waals surface area contributed by atoms with Crippen LogP contribution in [0.1, 0.15) is 12.5 Å². The van der Waals surface area contributed by atoms with E-state index in [0.717, 1.165) is 6.07 Å². The molecule has 1 fully saturated rings. The summed E-state index contributed by atoms with van der Waals surface area (Å²) in [6.07, 6.45) is 0. The molecule has 1 aliphatic heterocycles. The first-order valence-electron chi connectivity index (χ1n) is 6.53. The minimum Gasteiger partial charge on any atom is -0.389 e. The summed E-state index contributed by atoms with van der Waals surface area (Å²) in [6.45, 7) is 3.43. The van der Waals surface area contributed by atoms with Crippen LogP contribution in [0.3, 0.4) is 0 Å². The Balaban J connectivity index is 2.36. The molecule has 0 bridgehead atoms. The van der Waals surface area contributed by atoms with Gasteiger partial charge in [-0.2, -0.15) is 4.31 Å². The van der Waals surface area contributed by atoms with Crippen LogP contribution in [0.2, 0.25) is 0 Å². The molecule has 116 valence electrons. The predicted molar refractivity (Wildman–Crippen MR) is 83.1 cm³/mol. The number of hydrogen-bond acceptors (Lipinski definition) is 4. The highest BCUT2D eigenvalue weighted by Gasteiger charge is 2.31. The number of nitrogens with zero attached hydrogens (tertiary/aromatic N) is 2. The van der Waals surface area contributed by atoms with Gasteiger partial charge in [0.1, 0.15) is 10.8 Å². The van der Waals surface area contributed by atoms with Crippen LogP contribution in [0.15, 0.2) is 23.1 Å². The second kappa shape index (κ2) is 5.96. The van der Waals surface area contributed by atoms with E-state index in [-0.39, 0.29) is 21.5 Å². The molecule has 1 heterocycles. The lowest BCUT2D eigenvalue weighted by molar-refractivity contribution is 0.159. The molecular weight excluding hydrogens is 313 g/mol. The van der Waals surface area contributed by atoms with E-state index in [0.29, 0.717) is 19.6 Å². The molecule has 1 aromatic carbocycles. The molecule has 0 aliphatic carbocycles. The number of benzene rings is 1. The summed E-state index contributed by atoms with van der Waals surface area (Å²) in [5.74, 6) is -0.617. The van der Waals surface area contributed by atoms with Crippen LogP contribution < -0.4 is 5.73 Å². The molecule has 0 radical (unpaired) electrons. The molecule has 2 N–H and O–H groups in total. The van der Waals surface area contributed by atoms with Gasteiger partial charge >= 0.3 is 0 Å². The van der Waals surface area contributed by atoms with Crippen molar-refractivity contribution in [1.82, 2.24) is 9.21 Å². The van der Waals surface area contributed by atoms with Gasteiger partial charge in [-0.15, -0.1) is 0 Å². The Labute approximate surface area is 129 Å². The van der Waals surface area contributed by atoms with Gasteiger partial charge in [-0.25, -0.2) is 12.8 Å². The highest BCUT2D eigenvalue weighted by atomic mass is 32.2. The Hall–Kier alpha value is -1.09. The van der Waals surface area contributed by atoms with Gasteiger partial charge in [-0.3, -0.25) is 0 Å². The van der Waals surface area contributed by atoms with Crippen molar-refractivity contribution >= 4 is 27.2 Å². The Bertz CT molecular complexity index is 663. The lowest BCUT2D eigenvalue weighted by Gasteiger charge is -2.36. The first-order valence-corrected chi connectivity index (χ1v) is 8.38. The summed E-state index contributed by atoms with van der Waals surface area (Å²) in [7, 11) is -1.71. The van der Waals surface area contributed by atoms with Crippen LogP contribution in [0, 0.1) is 5.82 Å². The Kier molecular flexibility index (Phi) is 4.62. The van der Waals surface area contributed by atoms with Crippen LogP contribution in [0.4, 0.5) is 4.39 Å². The van der Waals surface area contributed by atoms with Crippen molar-refractivity contribution in [3.63, 3.8) is 0 Å². The van der Waals surface area contributed by atoms with Crippen LogP contribution in [-0.2, 0) is 10.0 Å². The van der Waals surface area contributed by atoms with Gasteiger partial charge in [0, 0.05) is 31.2 Å². The summed E-state index contributed by atoms with van der Waals surface area (Å²) < 4.78 is 40.2. The highest BCUT2D eigenvalue weighted by Crippen LogP contribution is 2.21. The molecule has 0 amide bonds. The van der Waals surface area contributed by atoms with Crippen molar-refractivity contribution in [3.8, 4) is 0 Å². The topological polar surface area (TPSA) is 66.6 Å². The molecule has 1 unspecified atom stereocenters. The number of nitrogens with two attached hydrogens (primary N) is 1. The third-order valence-electron chi connectivity index (χ3n) is 3.76. The number of hydrogen-bond donors (Lipinski definition) is 1. The van der Waals surface area contributed by atoms with Crippen molar-refractivity contribution in [2.45, 2.75) is 17.9 Å². The summed E-state index contributed by atoms with van der Waals surface area (Å²) in [6, 6.07) is 3.66. The molecular formula is C13H18FN3O2S2. The summed E-state index contributed by atoms with van der Waals surface area (Å²) >= 11 is 4.75. The maximum atomic E-state index is 13.6. The fourth-order valence-corrected chi connectivity index (χ4v) is 3.93. The summed E-state index contributed by atoms with van der Waals surface area (Å²) in [5, 5.41) is 0. The van der Waals surface area contributed by atoms with E-state index in [2.05, 4.69) is 4.90 Å². The fourth-order valence-electron chi connectivity index (χ4n) is 2.24. The van der Waals surface area contributed by atoms with Crippen LogP contribution >= 0.6 is 12.2 Å². The summed E-state index contributed by atoms with van der Waals surface area (Å²) in [4.78, 5) is 1.96. The lowest BCUT2D eigenvalue weighted by Crippen LogP contribution is -2.51. The van der Waals surface area contributed by atoms with E-state index in [1.165, 1.54) is 16.4 Å². The first kappa shape index (κ1) is 16.3. The molecule has 21 heavy (non-hydrogen) atoms. The molecule has 1 aromatic rings. The van der Waals surface area contributed by atoms with Crippen molar-refractivity contribution < 1.29 is 12.8 Å². The Morgan fingerprint density at radius 1 is 1.43 bits per heavy atom. The van der Waals surface area contributed by atoms with Gasteiger partial charge in [0.15, 0.2) is 0 Å². The van der Waals surface area contributed by atoms with Crippen molar-refractivity contribution in [2.24, 2.45) is 5.73 Å². The number of piperazine rings is 1. The van der Waals surface area contributed by atoms with Crippen LogP contribution in [-0.4, -0.2) is 55.3 Å². The Morgan fingerprint density at radius 2 is 2.10 bits per heavy atom. The molecule has 0 saturated carbocycles. The average molecular weight is 331 g/mol. The molecule has 0 aromatic heterocycles. The molecule has 2 rings (SSSR count). The smallest absolute Gasteiger partial charge is 0.243 e. The second-order valence-electron chi connectivity index (χ2n) is 5.20. The van der Waals surface area contributed by atoms with Gasteiger partial charge in [0.25, 0.3) is 0 Å². The maximum absolute atomic E-state index is 13.6. The van der Waals surface area contributed by atoms with Crippen LogP contribution in [0.25, 0.3) is 0 Å². The lowest BCUT2D eigenvalue weighted by atomic mass is 10.2. The molecule has 1 aliphatic rings. The van der Waals surface area contributed by atoms with Gasteiger partial charge < -0.3 is 10.6 Å². The van der Waals surface area contributed by atoms with E-state index in [9.17, 15) is 12.8 Å². The summed E-state index contributed by atoms with van der Waals surface area (Å²) in [5.41, 5.74) is 5.37. The zero-order valence-corrected chi connectivity index (χ0v) is 13.5. The SMILES string of the molecule is CC1CN(S(=O)(=O)c2ccc(F)c(C(N)=S)c2)CCN1C. The maximum Gasteiger partial charge on any atom is 0.243 e. The molecule has 1 atom stereocenters. The average Bonchev–Trinajstić information content (AvgIpc) is 2.41. The standard InChI is InChI=1S/C13H18FN3O2S2/c1-9-8-17(6-5-16(9)2)21(18,19)10-3-4-12(14)11(7-10)13(15)20/h3-4,7,9H,5-6,8H2,1-2H3,(H2,15,20). The van der Waals surface area contributed by atoms with E-state index >= 15 is 0 Å². The van der Waals surface area contributed by atoms with Gasteiger partial charge in [0.2, 0.25) is 10.0 Å². The van der Waals surface area contributed by atoms with Crippen molar-refractivity contribution in [1.29, 1.82) is 0 Å². The first-order chi connectivity index (χ1) is 9.73. The normalized spacial score (nSPS) is 21.4. The van der Waals surface area contributed by atoms with E-state index < -0.39 is 15.8 Å². The van der Waals surface area contributed by atoms with E-state index in [1.807, 2.05) is 14.0 Å². The number of rotatable bonds is 3.